The van der Waals surface area contributed by atoms with Gasteiger partial charge in [0.2, 0.25) is 5.56 Å². The molecule has 2 aliphatic carbocycles. The molecule has 0 saturated carbocycles. The van der Waals surface area contributed by atoms with E-state index in [-0.39, 0.29) is 11.1 Å². The van der Waals surface area contributed by atoms with Gasteiger partial charge in [-0.1, -0.05) is 11.6 Å². The third kappa shape index (κ3) is 1.47. The van der Waals surface area contributed by atoms with Crippen LogP contribution in [0.3, 0.4) is 0 Å². The quantitative estimate of drug-likeness (QED) is 0.735. The lowest BCUT2D eigenvalue weighted by molar-refractivity contribution is -0.0275. The van der Waals surface area contributed by atoms with Crippen LogP contribution in [0.5, 0.6) is 0 Å². The van der Waals surface area contributed by atoms with Crippen molar-refractivity contribution < 1.29 is 0 Å². The largest absolute Gasteiger partial charge is 0.326 e. The van der Waals surface area contributed by atoms with Crippen molar-refractivity contribution in [1.82, 2.24) is 9.88 Å². The first-order valence-electron chi connectivity index (χ1n) is 7.72. The first-order valence-corrected chi connectivity index (χ1v) is 7.72. The van der Waals surface area contributed by atoms with Gasteiger partial charge in [-0.2, -0.15) is 0 Å². The molecule has 3 atom stereocenters. The maximum absolute atomic E-state index is 11.7. The number of hydrogen-bond acceptors (Lipinski definition) is 2. The van der Waals surface area contributed by atoms with E-state index >= 15 is 0 Å². The van der Waals surface area contributed by atoms with Crippen molar-refractivity contribution in [2.75, 3.05) is 13.6 Å². The number of aromatic amines is 1. The zero-order valence-corrected chi connectivity index (χ0v) is 12.3. The Morgan fingerprint density at radius 3 is 3.10 bits per heavy atom. The van der Waals surface area contributed by atoms with Crippen molar-refractivity contribution in [3.8, 4) is 0 Å². The number of pyridine rings is 1. The summed E-state index contributed by atoms with van der Waals surface area (Å²) < 4.78 is 0. The summed E-state index contributed by atoms with van der Waals surface area (Å²) in [6.07, 6.45) is 7.20. The molecule has 0 radical (unpaired) electrons. The van der Waals surface area contributed by atoms with Crippen LogP contribution in [0, 0.1) is 11.8 Å². The van der Waals surface area contributed by atoms with E-state index in [1.807, 2.05) is 0 Å². The lowest BCUT2D eigenvalue weighted by Crippen LogP contribution is -2.59. The fourth-order valence-electron chi connectivity index (χ4n) is 5.09. The van der Waals surface area contributed by atoms with Crippen molar-refractivity contribution >= 4 is 0 Å². The molecule has 1 aromatic rings. The van der Waals surface area contributed by atoms with Gasteiger partial charge in [0.15, 0.2) is 0 Å². The van der Waals surface area contributed by atoms with Gasteiger partial charge in [-0.05, 0) is 69.7 Å². The number of H-pyrrole nitrogens is 1. The van der Waals surface area contributed by atoms with E-state index in [0.717, 1.165) is 19.4 Å². The van der Waals surface area contributed by atoms with Gasteiger partial charge in [-0.15, -0.1) is 0 Å². The monoisotopic (exact) mass is 270 g/mol. The summed E-state index contributed by atoms with van der Waals surface area (Å²) in [6.45, 7) is 3.43. The molecule has 2 heterocycles. The Labute approximate surface area is 119 Å². The Kier molecular flexibility index (Phi) is 2.53. The van der Waals surface area contributed by atoms with Gasteiger partial charge in [0.25, 0.3) is 0 Å². The second-order valence-electron chi connectivity index (χ2n) is 6.87. The molecule has 3 aliphatic rings. The number of rotatable bonds is 0. The summed E-state index contributed by atoms with van der Waals surface area (Å²) in [5, 5.41) is 0. The van der Waals surface area contributed by atoms with Crippen LogP contribution in [0.4, 0.5) is 0 Å². The van der Waals surface area contributed by atoms with E-state index in [4.69, 9.17) is 0 Å². The summed E-state index contributed by atoms with van der Waals surface area (Å²) in [4.78, 5) is 17.3. The minimum Gasteiger partial charge on any atom is -0.326 e. The molecule has 0 amide bonds. The van der Waals surface area contributed by atoms with Crippen molar-refractivity contribution in [2.45, 2.75) is 38.1 Å². The van der Waals surface area contributed by atoms with Crippen molar-refractivity contribution in [3.63, 3.8) is 0 Å². The number of nitrogens with one attached hydrogen (secondary N) is 1. The van der Waals surface area contributed by atoms with Crippen LogP contribution < -0.4 is 5.56 Å². The van der Waals surface area contributed by atoms with E-state index in [0.29, 0.717) is 11.8 Å². The van der Waals surface area contributed by atoms with Gasteiger partial charge in [0, 0.05) is 11.8 Å². The molecule has 20 heavy (non-hydrogen) atoms. The number of nitrogens with zero attached hydrogens (tertiary/aromatic N) is 1. The molecular weight excluding hydrogens is 248 g/mol. The molecule has 1 saturated heterocycles. The zero-order valence-electron chi connectivity index (χ0n) is 12.3. The number of fused-ring (bicyclic) bond motifs is 1. The average Bonchev–Trinajstić information content (AvgIpc) is 2.39. The Bertz CT molecular complexity index is 645. The Hall–Kier alpha value is -1.35. The zero-order chi connectivity index (χ0) is 13.9. The number of likely N-dealkylation sites (tertiary alicyclic amines) is 1. The Morgan fingerprint density at radius 1 is 1.40 bits per heavy atom. The standard InChI is InChI=1S/C17H22N2O/c1-11-8-12-9-15-14(5-6-16(20)18-15)17(10-11)13(12)4-3-7-19(17)2/h5-6,8,12-13H,3-4,7,9-10H2,1-2H3,(H,18,20)/t12-,13?,17+/m0/s1. The first kappa shape index (κ1) is 12.4. The van der Waals surface area contributed by atoms with Crippen LogP contribution in [0.1, 0.15) is 37.4 Å². The van der Waals surface area contributed by atoms with Crippen molar-refractivity contribution in [2.24, 2.45) is 11.8 Å². The highest BCUT2D eigenvalue weighted by atomic mass is 16.1. The number of hydrogen-bond donors (Lipinski definition) is 1. The molecule has 0 spiro atoms. The molecule has 3 nitrogen and oxygen atoms in total. The smallest absolute Gasteiger partial charge is 0.248 e. The number of piperidine rings is 1. The SMILES string of the molecule is CC1=C[C@H]2Cc3[nH]c(=O)ccc3[C@@]3(C1)C2CCCN3C. The van der Waals surface area contributed by atoms with Gasteiger partial charge in [0.05, 0.1) is 5.54 Å². The lowest BCUT2D eigenvalue weighted by Gasteiger charge is -2.58. The molecule has 3 heteroatoms. The van der Waals surface area contributed by atoms with Crippen LogP contribution in [-0.4, -0.2) is 23.5 Å². The highest BCUT2D eigenvalue weighted by Crippen LogP contribution is 2.55. The molecule has 2 bridgehead atoms. The second kappa shape index (κ2) is 4.08. The van der Waals surface area contributed by atoms with Gasteiger partial charge in [-0.25, -0.2) is 0 Å². The second-order valence-corrected chi connectivity index (χ2v) is 6.87. The van der Waals surface area contributed by atoms with Gasteiger partial charge in [0.1, 0.15) is 0 Å². The highest BCUT2D eigenvalue weighted by molar-refractivity contribution is 5.39. The van der Waals surface area contributed by atoms with E-state index in [9.17, 15) is 4.79 Å². The molecule has 4 rings (SSSR count). The van der Waals surface area contributed by atoms with Crippen LogP contribution in [-0.2, 0) is 12.0 Å². The van der Waals surface area contributed by atoms with E-state index in [1.165, 1.54) is 29.7 Å². The third-order valence-electron chi connectivity index (χ3n) is 5.77. The van der Waals surface area contributed by atoms with Crippen molar-refractivity contribution in [1.29, 1.82) is 0 Å². The summed E-state index contributed by atoms with van der Waals surface area (Å²) in [6, 6.07) is 3.80. The van der Waals surface area contributed by atoms with Crippen LogP contribution in [0.25, 0.3) is 0 Å². The molecule has 1 aliphatic heterocycles. The topological polar surface area (TPSA) is 36.1 Å². The molecule has 1 aromatic heterocycles. The van der Waals surface area contributed by atoms with Gasteiger partial charge < -0.3 is 4.98 Å². The molecule has 1 N–H and O–H groups in total. The lowest BCUT2D eigenvalue weighted by atomic mass is 9.56. The van der Waals surface area contributed by atoms with Crippen LogP contribution in [0.2, 0.25) is 0 Å². The minimum absolute atomic E-state index is 0.0378. The van der Waals surface area contributed by atoms with E-state index in [1.54, 1.807) is 6.07 Å². The van der Waals surface area contributed by atoms with Gasteiger partial charge >= 0.3 is 0 Å². The molecule has 106 valence electrons. The summed E-state index contributed by atoms with van der Waals surface area (Å²) in [7, 11) is 2.27. The predicted molar refractivity (Wildman–Crippen MR) is 79.7 cm³/mol. The summed E-state index contributed by atoms with van der Waals surface area (Å²) in [5.74, 6) is 1.31. The average molecular weight is 270 g/mol. The molecule has 0 aromatic carbocycles. The minimum atomic E-state index is 0.0378. The van der Waals surface area contributed by atoms with Gasteiger partial charge in [-0.3, -0.25) is 9.69 Å². The van der Waals surface area contributed by atoms with Crippen LogP contribution >= 0.6 is 0 Å². The maximum Gasteiger partial charge on any atom is 0.248 e. The molecular formula is C17H22N2O. The van der Waals surface area contributed by atoms with Crippen LogP contribution in [0.15, 0.2) is 28.6 Å². The Balaban J connectivity index is 1.98. The molecule has 1 fully saturated rings. The van der Waals surface area contributed by atoms with E-state index in [2.05, 4.69) is 36.0 Å². The van der Waals surface area contributed by atoms with Crippen molar-refractivity contribution in [3.05, 3.63) is 45.4 Å². The highest BCUT2D eigenvalue weighted by Gasteiger charge is 2.54. The Morgan fingerprint density at radius 2 is 2.25 bits per heavy atom. The molecule has 1 unspecified atom stereocenters. The maximum atomic E-state index is 11.7. The number of aromatic nitrogens is 1. The predicted octanol–water partition coefficient (Wildman–Crippen LogP) is 2.43. The van der Waals surface area contributed by atoms with E-state index < -0.39 is 0 Å². The fourth-order valence-corrected chi connectivity index (χ4v) is 5.09. The third-order valence-corrected chi connectivity index (χ3v) is 5.77. The number of allylic oxidation sites excluding steroid dienone is 1. The summed E-state index contributed by atoms with van der Waals surface area (Å²) >= 11 is 0. The normalized spacial score (nSPS) is 36.0. The first-order chi connectivity index (χ1) is 9.61. The fraction of sp³-hybridized carbons (Fsp3) is 0.588. The summed E-state index contributed by atoms with van der Waals surface area (Å²) in [5.41, 5.74) is 4.23.